The molecule has 4 rings (SSSR count). The van der Waals surface area contributed by atoms with Gasteiger partial charge in [-0.2, -0.15) is 0 Å². The molecule has 0 saturated carbocycles. The molecular weight excluding hydrogens is 630 g/mol. The van der Waals surface area contributed by atoms with Gasteiger partial charge in [0.25, 0.3) is 5.91 Å². The van der Waals surface area contributed by atoms with E-state index in [1.54, 1.807) is 30.3 Å². The number of carbonyl (C=O) groups excluding carboxylic acids is 2. The van der Waals surface area contributed by atoms with E-state index in [0.29, 0.717) is 30.3 Å². The monoisotopic (exact) mass is 650 g/mol. The maximum Gasteiger partial charge on any atom is 0.329 e. The summed E-state index contributed by atoms with van der Waals surface area (Å²) < 4.78 is 27.7. The van der Waals surface area contributed by atoms with E-state index in [0.717, 1.165) is 18.5 Å². The minimum atomic E-state index is -0.598. The van der Waals surface area contributed by atoms with Crippen molar-refractivity contribution in [1.29, 1.82) is 0 Å². The van der Waals surface area contributed by atoms with Gasteiger partial charge in [-0.1, -0.05) is 46.3 Å². The number of imide groups is 1. The third-order valence-corrected chi connectivity index (χ3v) is 6.52. The van der Waals surface area contributed by atoms with Gasteiger partial charge in [0.1, 0.15) is 18.1 Å². The Balaban J connectivity index is 1.55. The van der Waals surface area contributed by atoms with Gasteiger partial charge in [0.2, 0.25) is 0 Å². The number of halogens is 3. The number of nitrogens with one attached hydrogen (secondary N) is 1. The highest BCUT2D eigenvalue weighted by atomic mass is 127. The number of hydrogen-bond acceptors (Lipinski definition) is 4. The van der Waals surface area contributed by atoms with Crippen LogP contribution in [0.5, 0.6) is 11.5 Å². The first kappa shape index (κ1) is 25.2. The molecule has 0 aromatic heterocycles. The summed E-state index contributed by atoms with van der Waals surface area (Å²) in [5.41, 5.74) is 2.03. The van der Waals surface area contributed by atoms with Gasteiger partial charge in [0, 0.05) is 10.0 Å². The molecule has 0 aliphatic carbocycles. The van der Waals surface area contributed by atoms with Crippen LogP contribution in [0, 0.1) is 9.39 Å². The van der Waals surface area contributed by atoms with Crippen LogP contribution in [0.2, 0.25) is 0 Å². The quantitative estimate of drug-likeness (QED) is 0.178. The minimum absolute atomic E-state index is 0.105. The van der Waals surface area contributed by atoms with Crippen molar-refractivity contribution in [3.05, 3.63) is 96.9 Å². The lowest BCUT2D eigenvalue weighted by Gasteiger charge is -2.15. The minimum Gasteiger partial charge on any atom is -0.490 e. The lowest BCUT2D eigenvalue weighted by Crippen LogP contribution is -2.30. The molecule has 180 valence electrons. The van der Waals surface area contributed by atoms with E-state index in [9.17, 15) is 14.0 Å². The number of amides is 3. The van der Waals surface area contributed by atoms with Crippen LogP contribution >= 0.6 is 38.5 Å². The number of rotatable bonds is 8. The molecule has 3 aromatic rings. The second kappa shape index (κ2) is 11.2. The third-order valence-electron chi connectivity index (χ3n) is 5.19. The van der Waals surface area contributed by atoms with E-state index in [2.05, 4.69) is 43.8 Å². The van der Waals surface area contributed by atoms with E-state index < -0.39 is 17.8 Å². The second-order valence-electron chi connectivity index (χ2n) is 7.65. The Morgan fingerprint density at radius 3 is 2.54 bits per heavy atom. The molecule has 1 aliphatic heterocycles. The van der Waals surface area contributed by atoms with Crippen LogP contribution < -0.4 is 14.8 Å². The van der Waals surface area contributed by atoms with Crippen LogP contribution in [0.4, 0.5) is 9.18 Å². The summed E-state index contributed by atoms with van der Waals surface area (Å²) in [6.45, 7) is 2.51. The fourth-order valence-corrected chi connectivity index (χ4v) is 4.53. The Hall–Kier alpha value is -2.92. The van der Waals surface area contributed by atoms with E-state index in [1.165, 1.54) is 6.07 Å². The zero-order valence-corrected chi connectivity index (χ0v) is 22.4. The first-order chi connectivity index (χ1) is 16.9. The van der Waals surface area contributed by atoms with Gasteiger partial charge in [0.15, 0.2) is 11.5 Å². The molecule has 3 amide bonds. The lowest BCUT2D eigenvalue weighted by molar-refractivity contribution is -0.123. The fourth-order valence-electron chi connectivity index (χ4n) is 3.49. The summed E-state index contributed by atoms with van der Waals surface area (Å²) >= 11 is 5.57. The molecule has 1 aliphatic rings. The molecular formula is C26H21BrFIN2O4. The standard InChI is InChI=1S/C26H21BrFIN2O4/c1-2-34-23-13-17(11-21(29)24(23)35-15-16-7-9-19(27)10-8-16)12-22-25(32)31(26(33)30-22)14-18-5-3-4-6-20(18)28/h3-13H,2,14-15H2,1H3,(H,30,33)/b22-12+. The maximum atomic E-state index is 14.0. The summed E-state index contributed by atoms with van der Waals surface area (Å²) in [5.74, 6) is 0.130. The number of ether oxygens (including phenoxy) is 2. The van der Waals surface area contributed by atoms with Crippen molar-refractivity contribution in [2.24, 2.45) is 0 Å². The van der Waals surface area contributed by atoms with Crippen molar-refractivity contribution < 1.29 is 23.5 Å². The summed E-state index contributed by atoms with van der Waals surface area (Å²) in [6, 6.07) is 16.9. The van der Waals surface area contributed by atoms with Gasteiger partial charge >= 0.3 is 6.03 Å². The molecule has 0 radical (unpaired) electrons. The molecule has 1 N–H and O–H groups in total. The third kappa shape index (κ3) is 6.02. The number of carbonyl (C=O) groups is 2. The largest absolute Gasteiger partial charge is 0.490 e. The first-order valence-corrected chi connectivity index (χ1v) is 12.6. The van der Waals surface area contributed by atoms with Crippen LogP contribution in [0.3, 0.4) is 0 Å². The highest BCUT2D eigenvalue weighted by Gasteiger charge is 2.34. The number of urea groups is 1. The van der Waals surface area contributed by atoms with Gasteiger partial charge in [-0.15, -0.1) is 0 Å². The van der Waals surface area contributed by atoms with E-state index in [1.807, 2.05) is 37.3 Å². The molecule has 0 bridgehead atoms. The Morgan fingerprint density at radius 1 is 1.09 bits per heavy atom. The predicted octanol–water partition coefficient (Wildman–Crippen LogP) is 6.26. The predicted molar refractivity (Wildman–Crippen MR) is 142 cm³/mol. The second-order valence-corrected chi connectivity index (χ2v) is 9.73. The molecule has 35 heavy (non-hydrogen) atoms. The van der Waals surface area contributed by atoms with Crippen molar-refractivity contribution in [3.8, 4) is 11.5 Å². The number of hydrogen-bond donors (Lipinski definition) is 1. The molecule has 3 aromatic carbocycles. The average molecular weight is 651 g/mol. The highest BCUT2D eigenvalue weighted by Crippen LogP contribution is 2.36. The number of nitrogens with zero attached hydrogens (tertiary/aromatic N) is 1. The van der Waals surface area contributed by atoms with E-state index >= 15 is 0 Å². The molecule has 0 spiro atoms. The smallest absolute Gasteiger partial charge is 0.329 e. The van der Waals surface area contributed by atoms with Crippen molar-refractivity contribution in [1.82, 2.24) is 10.2 Å². The summed E-state index contributed by atoms with van der Waals surface area (Å²) in [5, 5.41) is 2.58. The molecule has 6 nitrogen and oxygen atoms in total. The van der Waals surface area contributed by atoms with Crippen molar-refractivity contribution in [2.45, 2.75) is 20.1 Å². The summed E-state index contributed by atoms with van der Waals surface area (Å²) in [4.78, 5) is 26.3. The van der Waals surface area contributed by atoms with Gasteiger partial charge < -0.3 is 14.8 Å². The molecule has 9 heteroatoms. The molecule has 1 fully saturated rings. The summed E-state index contributed by atoms with van der Waals surface area (Å²) in [6.07, 6.45) is 1.57. The van der Waals surface area contributed by atoms with Crippen LogP contribution in [0.25, 0.3) is 6.08 Å². The zero-order chi connectivity index (χ0) is 24.9. The van der Waals surface area contributed by atoms with Crippen LogP contribution in [-0.2, 0) is 17.9 Å². The summed E-state index contributed by atoms with van der Waals surface area (Å²) in [7, 11) is 0. The highest BCUT2D eigenvalue weighted by molar-refractivity contribution is 14.1. The van der Waals surface area contributed by atoms with E-state index in [4.69, 9.17) is 9.47 Å². The van der Waals surface area contributed by atoms with Crippen LogP contribution in [-0.4, -0.2) is 23.4 Å². The SMILES string of the molecule is CCOc1cc(/C=C2/NC(=O)N(Cc3ccccc3F)C2=O)cc(I)c1OCc1ccc(Br)cc1. The van der Waals surface area contributed by atoms with Crippen molar-refractivity contribution in [3.63, 3.8) is 0 Å². The van der Waals surface area contributed by atoms with Gasteiger partial charge in [-0.3, -0.25) is 9.69 Å². The first-order valence-electron chi connectivity index (χ1n) is 10.8. The van der Waals surface area contributed by atoms with Crippen LogP contribution in [0.1, 0.15) is 23.6 Å². The topological polar surface area (TPSA) is 67.9 Å². The Labute approximate surface area is 224 Å². The average Bonchev–Trinajstić information content (AvgIpc) is 3.08. The maximum absolute atomic E-state index is 14.0. The zero-order valence-electron chi connectivity index (χ0n) is 18.7. The number of benzene rings is 3. The lowest BCUT2D eigenvalue weighted by atomic mass is 10.1. The Bertz CT molecular complexity index is 1300. The Kier molecular flexibility index (Phi) is 8.07. The molecule has 1 heterocycles. The fraction of sp³-hybridized carbons (Fsp3) is 0.154. The molecule has 0 atom stereocenters. The van der Waals surface area contributed by atoms with Gasteiger partial charge in [0.05, 0.1) is 16.7 Å². The van der Waals surface area contributed by atoms with Gasteiger partial charge in [-0.25, -0.2) is 9.18 Å². The Morgan fingerprint density at radius 2 is 1.83 bits per heavy atom. The molecule has 0 unspecified atom stereocenters. The van der Waals surface area contributed by atoms with Crippen molar-refractivity contribution in [2.75, 3.05) is 6.61 Å². The van der Waals surface area contributed by atoms with Gasteiger partial charge in [-0.05, 0) is 77.0 Å². The van der Waals surface area contributed by atoms with Crippen LogP contribution in [0.15, 0.2) is 70.8 Å². The normalized spacial score (nSPS) is 14.4. The molecule has 1 saturated heterocycles. The van der Waals surface area contributed by atoms with E-state index in [-0.39, 0.29) is 17.8 Å². The van der Waals surface area contributed by atoms with Crippen molar-refractivity contribution >= 4 is 56.5 Å².